The number of rotatable bonds is 11. The lowest BCUT2D eigenvalue weighted by Crippen LogP contribution is -2.41. The number of hydrogen-bond acceptors (Lipinski definition) is 4. The molecule has 7 nitrogen and oxygen atoms in total. The number of halogens is 1. The van der Waals surface area contributed by atoms with E-state index in [9.17, 15) is 4.79 Å². The summed E-state index contributed by atoms with van der Waals surface area (Å²) >= 11 is 0. The molecule has 1 aromatic rings. The zero-order chi connectivity index (χ0) is 22.5. The molecule has 0 spiro atoms. The SMILES string of the molecule is CN=C(NCc1cccc(NC(=O)CCN2CCOCC2)c1)NC(C)CCCC(C)C.I. The van der Waals surface area contributed by atoms with Gasteiger partial charge in [-0.15, -0.1) is 24.0 Å². The molecule has 0 aromatic heterocycles. The van der Waals surface area contributed by atoms with E-state index < -0.39 is 0 Å². The Kier molecular flexibility index (Phi) is 14.6. The summed E-state index contributed by atoms with van der Waals surface area (Å²) in [6, 6.07) is 8.34. The van der Waals surface area contributed by atoms with E-state index >= 15 is 0 Å². The third-order valence-electron chi connectivity index (χ3n) is 5.45. The minimum Gasteiger partial charge on any atom is -0.379 e. The molecule has 1 heterocycles. The highest BCUT2D eigenvalue weighted by Crippen LogP contribution is 2.12. The van der Waals surface area contributed by atoms with Gasteiger partial charge in [0.25, 0.3) is 0 Å². The van der Waals surface area contributed by atoms with E-state index in [1.165, 1.54) is 12.8 Å². The molecule has 0 radical (unpaired) electrons. The van der Waals surface area contributed by atoms with Crippen molar-refractivity contribution in [2.45, 2.75) is 59.0 Å². The molecule has 8 heteroatoms. The standard InChI is InChI=1S/C24H41N5O2.HI/c1-19(2)7-5-8-20(3)27-24(25-4)26-18-21-9-6-10-22(17-21)28-23(30)11-12-29-13-15-31-16-14-29;/h6,9-10,17,19-20H,5,7-8,11-16,18H2,1-4H3,(H,28,30)(H2,25,26,27);1H. The van der Waals surface area contributed by atoms with Crippen molar-refractivity contribution in [2.24, 2.45) is 10.9 Å². The third-order valence-corrected chi connectivity index (χ3v) is 5.45. The molecule has 0 bridgehead atoms. The van der Waals surface area contributed by atoms with Gasteiger partial charge in [-0.05, 0) is 37.0 Å². The lowest BCUT2D eigenvalue weighted by Gasteiger charge is -2.26. The van der Waals surface area contributed by atoms with Crippen LogP contribution in [-0.2, 0) is 16.1 Å². The first kappa shape index (κ1) is 28.6. The summed E-state index contributed by atoms with van der Waals surface area (Å²) in [6.45, 7) is 11.5. The molecule has 2 rings (SSSR count). The Labute approximate surface area is 211 Å². The Morgan fingerprint density at radius 3 is 2.62 bits per heavy atom. The van der Waals surface area contributed by atoms with Crippen LogP contribution in [0.5, 0.6) is 0 Å². The van der Waals surface area contributed by atoms with E-state index in [2.05, 4.69) is 52.7 Å². The molecule has 32 heavy (non-hydrogen) atoms. The molecule has 1 saturated heterocycles. The van der Waals surface area contributed by atoms with Gasteiger partial charge < -0.3 is 20.7 Å². The molecule has 3 N–H and O–H groups in total. The number of benzene rings is 1. The van der Waals surface area contributed by atoms with Crippen LogP contribution in [0.4, 0.5) is 5.69 Å². The van der Waals surface area contributed by atoms with Crippen molar-refractivity contribution in [2.75, 3.05) is 45.2 Å². The van der Waals surface area contributed by atoms with Gasteiger partial charge in [0.2, 0.25) is 5.91 Å². The molecular weight excluding hydrogens is 517 g/mol. The maximum absolute atomic E-state index is 12.3. The number of carbonyl (C=O) groups is 1. The average Bonchev–Trinajstić information content (AvgIpc) is 2.76. The van der Waals surface area contributed by atoms with Gasteiger partial charge in [-0.1, -0.05) is 38.8 Å². The number of hydrogen-bond donors (Lipinski definition) is 3. The Hall–Kier alpha value is -1.39. The van der Waals surface area contributed by atoms with Crippen LogP contribution in [0.15, 0.2) is 29.3 Å². The lowest BCUT2D eigenvalue weighted by molar-refractivity contribution is -0.116. The second-order valence-corrected chi connectivity index (χ2v) is 8.75. The normalized spacial score (nSPS) is 15.7. The van der Waals surface area contributed by atoms with Crippen LogP contribution in [0.25, 0.3) is 0 Å². The van der Waals surface area contributed by atoms with E-state index in [0.29, 0.717) is 19.0 Å². The Balaban J connectivity index is 0.00000512. The first-order valence-corrected chi connectivity index (χ1v) is 11.6. The zero-order valence-corrected chi connectivity index (χ0v) is 22.5. The summed E-state index contributed by atoms with van der Waals surface area (Å²) < 4.78 is 5.35. The molecular formula is C24H42IN5O2. The molecule has 1 aliphatic rings. The van der Waals surface area contributed by atoms with Crippen LogP contribution < -0.4 is 16.0 Å². The van der Waals surface area contributed by atoms with Crippen molar-refractivity contribution < 1.29 is 9.53 Å². The molecule has 1 aliphatic heterocycles. The molecule has 1 fully saturated rings. The highest BCUT2D eigenvalue weighted by molar-refractivity contribution is 14.0. The summed E-state index contributed by atoms with van der Waals surface area (Å²) in [4.78, 5) is 18.9. The molecule has 1 amide bonds. The number of aliphatic imine (C=N–C) groups is 1. The second kappa shape index (κ2) is 16.3. The number of anilines is 1. The van der Waals surface area contributed by atoms with Gasteiger partial charge in [0.15, 0.2) is 5.96 Å². The van der Waals surface area contributed by atoms with Crippen LogP contribution in [-0.4, -0.2) is 62.7 Å². The zero-order valence-electron chi connectivity index (χ0n) is 20.2. The van der Waals surface area contributed by atoms with Gasteiger partial charge in [-0.2, -0.15) is 0 Å². The quantitative estimate of drug-likeness (QED) is 0.218. The molecule has 1 atom stereocenters. The summed E-state index contributed by atoms with van der Waals surface area (Å²) in [5.74, 6) is 1.60. The highest BCUT2D eigenvalue weighted by atomic mass is 127. The largest absolute Gasteiger partial charge is 0.379 e. The number of carbonyl (C=O) groups excluding carboxylic acids is 1. The molecule has 1 aromatic carbocycles. The summed E-state index contributed by atoms with van der Waals surface area (Å²) in [6.07, 6.45) is 4.09. The fourth-order valence-corrected chi connectivity index (χ4v) is 3.59. The van der Waals surface area contributed by atoms with E-state index in [-0.39, 0.29) is 29.9 Å². The van der Waals surface area contributed by atoms with Gasteiger partial charge >= 0.3 is 0 Å². The van der Waals surface area contributed by atoms with Crippen molar-refractivity contribution in [3.63, 3.8) is 0 Å². The Morgan fingerprint density at radius 1 is 1.19 bits per heavy atom. The van der Waals surface area contributed by atoms with E-state index in [1.54, 1.807) is 7.05 Å². The summed E-state index contributed by atoms with van der Waals surface area (Å²) in [7, 11) is 1.79. The van der Waals surface area contributed by atoms with Crippen molar-refractivity contribution in [1.82, 2.24) is 15.5 Å². The Morgan fingerprint density at radius 2 is 1.94 bits per heavy atom. The van der Waals surface area contributed by atoms with Crippen LogP contribution in [0.2, 0.25) is 0 Å². The maximum atomic E-state index is 12.3. The topological polar surface area (TPSA) is 78.0 Å². The number of amides is 1. The van der Waals surface area contributed by atoms with E-state index in [1.807, 2.05) is 18.2 Å². The van der Waals surface area contributed by atoms with Gasteiger partial charge in [0.1, 0.15) is 0 Å². The highest BCUT2D eigenvalue weighted by Gasteiger charge is 2.12. The second-order valence-electron chi connectivity index (χ2n) is 8.75. The molecule has 182 valence electrons. The van der Waals surface area contributed by atoms with Gasteiger partial charge in [0.05, 0.1) is 13.2 Å². The van der Waals surface area contributed by atoms with Crippen LogP contribution in [0, 0.1) is 5.92 Å². The number of guanidine groups is 1. The first-order chi connectivity index (χ1) is 15.0. The fourth-order valence-electron chi connectivity index (χ4n) is 3.59. The van der Waals surface area contributed by atoms with Crippen LogP contribution in [0.3, 0.4) is 0 Å². The number of ether oxygens (including phenoxy) is 1. The predicted octanol–water partition coefficient (Wildman–Crippen LogP) is 3.85. The van der Waals surface area contributed by atoms with Gasteiger partial charge in [-0.25, -0.2) is 0 Å². The smallest absolute Gasteiger partial charge is 0.225 e. The Bertz CT molecular complexity index is 693. The van der Waals surface area contributed by atoms with E-state index in [4.69, 9.17) is 4.74 Å². The average molecular weight is 560 g/mol. The van der Waals surface area contributed by atoms with Gasteiger partial charge in [0, 0.05) is 51.4 Å². The fraction of sp³-hybridized carbons (Fsp3) is 0.667. The van der Waals surface area contributed by atoms with Crippen molar-refractivity contribution in [1.29, 1.82) is 0 Å². The van der Waals surface area contributed by atoms with E-state index in [0.717, 1.165) is 62.4 Å². The minimum absolute atomic E-state index is 0. The van der Waals surface area contributed by atoms with Crippen LogP contribution >= 0.6 is 24.0 Å². The lowest BCUT2D eigenvalue weighted by atomic mass is 10.0. The van der Waals surface area contributed by atoms with Crippen LogP contribution in [0.1, 0.15) is 52.0 Å². The minimum atomic E-state index is 0. The number of morpholine rings is 1. The van der Waals surface area contributed by atoms with Crippen molar-refractivity contribution >= 4 is 41.5 Å². The predicted molar refractivity (Wildman–Crippen MR) is 144 cm³/mol. The molecule has 0 aliphatic carbocycles. The first-order valence-electron chi connectivity index (χ1n) is 11.6. The third kappa shape index (κ3) is 12.0. The maximum Gasteiger partial charge on any atom is 0.225 e. The molecule has 0 saturated carbocycles. The van der Waals surface area contributed by atoms with Gasteiger partial charge in [-0.3, -0.25) is 14.7 Å². The van der Waals surface area contributed by atoms with Crippen molar-refractivity contribution in [3.8, 4) is 0 Å². The summed E-state index contributed by atoms with van der Waals surface area (Å²) in [5, 5.41) is 9.85. The summed E-state index contributed by atoms with van der Waals surface area (Å²) in [5.41, 5.74) is 1.93. The van der Waals surface area contributed by atoms with Crippen molar-refractivity contribution in [3.05, 3.63) is 29.8 Å². The monoisotopic (exact) mass is 559 g/mol. The number of nitrogens with one attached hydrogen (secondary N) is 3. The molecule has 1 unspecified atom stereocenters. The number of nitrogens with zero attached hydrogens (tertiary/aromatic N) is 2.